The van der Waals surface area contributed by atoms with E-state index < -0.39 is 5.54 Å². The summed E-state index contributed by atoms with van der Waals surface area (Å²) < 4.78 is 11.7. The molecule has 1 saturated carbocycles. The van der Waals surface area contributed by atoms with Crippen LogP contribution in [0.2, 0.25) is 0 Å². The van der Waals surface area contributed by atoms with E-state index in [-0.39, 0.29) is 23.3 Å². The normalized spacial score (nSPS) is 30.1. The molecule has 25 heavy (non-hydrogen) atoms. The van der Waals surface area contributed by atoms with Crippen LogP contribution in [-0.4, -0.2) is 49.3 Å². The van der Waals surface area contributed by atoms with E-state index >= 15 is 0 Å². The quantitative estimate of drug-likeness (QED) is 0.889. The number of nitrogens with zero attached hydrogens (tertiary/aromatic N) is 1. The van der Waals surface area contributed by atoms with E-state index in [4.69, 9.17) is 15.2 Å². The SMILES string of the molecule is Cc1cccc(OCCN(C)C(=O)C2(N)C3CCCOC3C2(C)C)c1. The van der Waals surface area contributed by atoms with Gasteiger partial charge in [-0.2, -0.15) is 0 Å². The molecule has 1 heterocycles. The number of benzene rings is 1. The Bertz CT molecular complexity index is 646. The zero-order valence-corrected chi connectivity index (χ0v) is 15.7. The van der Waals surface area contributed by atoms with Gasteiger partial charge in [0, 0.05) is 25.0 Å². The lowest BCUT2D eigenvalue weighted by Crippen LogP contribution is -2.82. The third-order valence-electron chi connectivity index (χ3n) is 6.07. The predicted octanol–water partition coefficient (Wildman–Crippen LogP) is 2.36. The number of nitrogens with two attached hydrogens (primary N) is 1. The van der Waals surface area contributed by atoms with Crippen LogP contribution in [0.1, 0.15) is 32.3 Å². The predicted molar refractivity (Wildman–Crippen MR) is 97.5 cm³/mol. The molecule has 0 radical (unpaired) electrons. The lowest BCUT2D eigenvalue weighted by Gasteiger charge is -2.65. The Balaban J connectivity index is 1.60. The number of likely N-dealkylation sites (N-methyl/N-ethyl adjacent to an activating group) is 1. The Hall–Kier alpha value is -1.59. The number of hydrogen-bond acceptors (Lipinski definition) is 4. The highest BCUT2D eigenvalue weighted by Crippen LogP contribution is 2.57. The molecule has 5 nitrogen and oxygen atoms in total. The molecular weight excluding hydrogens is 316 g/mol. The number of amides is 1. The molecule has 3 rings (SSSR count). The summed E-state index contributed by atoms with van der Waals surface area (Å²) in [4.78, 5) is 14.8. The lowest BCUT2D eigenvalue weighted by molar-refractivity contribution is -0.229. The summed E-state index contributed by atoms with van der Waals surface area (Å²) in [5.41, 5.74) is 6.63. The van der Waals surface area contributed by atoms with Crippen LogP contribution in [0, 0.1) is 18.3 Å². The molecule has 0 spiro atoms. The first-order valence-electron chi connectivity index (χ1n) is 9.14. The summed E-state index contributed by atoms with van der Waals surface area (Å²) in [6.45, 7) is 7.87. The molecule has 138 valence electrons. The number of fused-ring (bicyclic) bond motifs is 1. The molecule has 3 unspecified atom stereocenters. The van der Waals surface area contributed by atoms with Gasteiger partial charge in [-0.25, -0.2) is 0 Å². The second-order valence-corrected chi connectivity index (χ2v) is 8.02. The van der Waals surface area contributed by atoms with E-state index in [0.29, 0.717) is 13.2 Å². The Morgan fingerprint density at radius 3 is 2.92 bits per heavy atom. The molecular formula is C20H30N2O3. The number of aryl methyl sites for hydroxylation is 1. The molecule has 3 atom stereocenters. The van der Waals surface area contributed by atoms with Crippen LogP contribution in [0.4, 0.5) is 0 Å². The number of carbonyl (C=O) groups is 1. The van der Waals surface area contributed by atoms with Gasteiger partial charge in [0.25, 0.3) is 0 Å². The minimum Gasteiger partial charge on any atom is -0.492 e. The second kappa shape index (κ2) is 6.61. The molecule has 1 aliphatic heterocycles. The molecule has 1 aromatic carbocycles. The first-order chi connectivity index (χ1) is 11.8. The summed E-state index contributed by atoms with van der Waals surface area (Å²) >= 11 is 0. The first kappa shape index (κ1) is 18.2. The minimum atomic E-state index is -0.851. The van der Waals surface area contributed by atoms with Crippen LogP contribution in [0.25, 0.3) is 0 Å². The van der Waals surface area contributed by atoms with E-state index in [9.17, 15) is 4.79 Å². The average Bonchev–Trinajstić information content (AvgIpc) is 2.60. The highest BCUT2D eigenvalue weighted by atomic mass is 16.5. The van der Waals surface area contributed by atoms with Crippen molar-refractivity contribution in [2.75, 3.05) is 26.8 Å². The molecule has 1 aromatic rings. The van der Waals surface area contributed by atoms with Gasteiger partial charge in [0.1, 0.15) is 17.9 Å². The van der Waals surface area contributed by atoms with Gasteiger partial charge in [-0.3, -0.25) is 4.79 Å². The van der Waals surface area contributed by atoms with E-state index in [0.717, 1.165) is 30.8 Å². The smallest absolute Gasteiger partial charge is 0.243 e. The highest BCUT2D eigenvalue weighted by molar-refractivity contribution is 5.89. The molecule has 2 aliphatic rings. The van der Waals surface area contributed by atoms with Crippen LogP contribution in [0.5, 0.6) is 5.75 Å². The van der Waals surface area contributed by atoms with E-state index in [1.165, 1.54) is 0 Å². The van der Waals surface area contributed by atoms with E-state index in [2.05, 4.69) is 13.8 Å². The van der Waals surface area contributed by atoms with Crippen molar-refractivity contribution in [3.63, 3.8) is 0 Å². The third kappa shape index (κ3) is 2.93. The molecule has 2 fully saturated rings. The van der Waals surface area contributed by atoms with Crippen molar-refractivity contribution in [2.24, 2.45) is 17.1 Å². The molecule has 1 amide bonds. The molecule has 1 aliphatic carbocycles. The van der Waals surface area contributed by atoms with Crippen molar-refractivity contribution < 1.29 is 14.3 Å². The van der Waals surface area contributed by atoms with Gasteiger partial charge in [-0.15, -0.1) is 0 Å². The van der Waals surface area contributed by atoms with Gasteiger partial charge in [-0.05, 0) is 37.5 Å². The summed E-state index contributed by atoms with van der Waals surface area (Å²) in [6.07, 6.45) is 2.03. The molecule has 1 saturated heterocycles. The van der Waals surface area contributed by atoms with Gasteiger partial charge < -0.3 is 20.1 Å². The summed E-state index contributed by atoms with van der Waals surface area (Å²) in [5.74, 6) is 0.939. The topological polar surface area (TPSA) is 64.8 Å². The van der Waals surface area contributed by atoms with Crippen LogP contribution < -0.4 is 10.5 Å². The lowest BCUT2D eigenvalue weighted by atomic mass is 9.46. The standard InChI is InChI=1S/C20H30N2O3/c1-14-7-5-8-15(13-14)24-12-10-22(4)18(23)20(21)16-9-6-11-25-17(16)19(20,2)3/h5,7-8,13,16-17H,6,9-12,21H2,1-4H3. The maximum absolute atomic E-state index is 13.1. The zero-order valence-electron chi connectivity index (χ0n) is 15.7. The monoisotopic (exact) mass is 346 g/mol. The van der Waals surface area contributed by atoms with Crippen LogP contribution >= 0.6 is 0 Å². The third-order valence-corrected chi connectivity index (χ3v) is 6.07. The van der Waals surface area contributed by atoms with Crippen molar-refractivity contribution in [3.05, 3.63) is 29.8 Å². The molecule has 0 bridgehead atoms. The maximum Gasteiger partial charge on any atom is 0.243 e. The maximum atomic E-state index is 13.1. The first-order valence-corrected chi connectivity index (χ1v) is 9.14. The van der Waals surface area contributed by atoms with Crippen molar-refractivity contribution in [3.8, 4) is 5.75 Å². The molecule has 2 N–H and O–H groups in total. The van der Waals surface area contributed by atoms with E-state index in [1.807, 2.05) is 38.2 Å². The van der Waals surface area contributed by atoms with Crippen molar-refractivity contribution >= 4 is 5.91 Å². The van der Waals surface area contributed by atoms with Crippen LogP contribution in [0.3, 0.4) is 0 Å². The second-order valence-electron chi connectivity index (χ2n) is 8.02. The van der Waals surface area contributed by atoms with Crippen molar-refractivity contribution in [2.45, 2.75) is 45.3 Å². The summed E-state index contributed by atoms with van der Waals surface area (Å²) in [6, 6.07) is 7.92. The number of rotatable bonds is 5. The summed E-state index contributed by atoms with van der Waals surface area (Å²) in [7, 11) is 1.81. The number of ether oxygens (including phenoxy) is 2. The molecule has 5 heteroatoms. The van der Waals surface area contributed by atoms with Gasteiger partial charge in [0.2, 0.25) is 5.91 Å². The van der Waals surface area contributed by atoms with E-state index in [1.54, 1.807) is 4.90 Å². The average molecular weight is 346 g/mol. The number of hydrogen-bond donors (Lipinski definition) is 1. The fourth-order valence-corrected chi connectivity index (χ4v) is 4.43. The Morgan fingerprint density at radius 1 is 1.44 bits per heavy atom. The molecule has 0 aromatic heterocycles. The largest absolute Gasteiger partial charge is 0.492 e. The van der Waals surface area contributed by atoms with Gasteiger partial charge >= 0.3 is 0 Å². The van der Waals surface area contributed by atoms with Gasteiger partial charge in [0.05, 0.1) is 12.6 Å². The van der Waals surface area contributed by atoms with Crippen LogP contribution in [-0.2, 0) is 9.53 Å². The summed E-state index contributed by atoms with van der Waals surface area (Å²) in [5, 5.41) is 0. The number of carbonyl (C=O) groups excluding carboxylic acids is 1. The minimum absolute atomic E-state index is 0.00269. The highest BCUT2D eigenvalue weighted by Gasteiger charge is 2.70. The van der Waals surface area contributed by atoms with Crippen molar-refractivity contribution in [1.29, 1.82) is 0 Å². The van der Waals surface area contributed by atoms with Gasteiger partial charge in [-0.1, -0.05) is 26.0 Å². The fraction of sp³-hybridized carbons (Fsp3) is 0.650. The van der Waals surface area contributed by atoms with Crippen LogP contribution in [0.15, 0.2) is 24.3 Å². The van der Waals surface area contributed by atoms with Gasteiger partial charge in [0.15, 0.2) is 0 Å². The van der Waals surface area contributed by atoms with Crippen molar-refractivity contribution in [1.82, 2.24) is 4.90 Å². The Morgan fingerprint density at radius 2 is 2.20 bits per heavy atom. The Kier molecular flexibility index (Phi) is 4.82. The fourth-order valence-electron chi connectivity index (χ4n) is 4.43. The Labute approximate surface area is 150 Å². The zero-order chi connectivity index (χ0) is 18.2.